The number of hydrogen-bond donors (Lipinski definition) is 1. The van der Waals surface area contributed by atoms with Crippen molar-refractivity contribution in [1.29, 1.82) is 0 Å². The van der Waals surface area contributed by atoms with E-state index >= 15 is 0 Å². The third kappa shape index (κ3) is 6.08. The molecule has 0 fully saturated rings. The zero-order chi connectivity index (χ0) is 16.5. The van der Waals surface area contributed by atoms with E-state index in [9.17, 15) is 4.79 Å². The van der Waals surface area contributed by atoms with E-state index in [1.165, 1.54) is 5.69 Å². The first-order valence-corrected chi connectivity index (χ1v) is 7.75. The molecular weight excluding hydrogens is 288 g/mol. The van der Waals surface area contributed by atoms with Crippen molar-refractivity contribution in [2.24, 2.45) is 0 Å². The predicted octanol–water partition coefficient (Wildman–Crippen LogP) is 1.77. The lowest BCUT2D eigenvalue weighted by atomic mass is 10.3. The van der Waals surface area contributed by atoms with Gasteiger partial charge in [-0.1, -0.05) is 24.3 Å². The number of likely N-dealkylation sites (N-methyl/N-ethyl adjacent to an activating group) is 2. The SMILES string of the molecule is CN(CCN(C)c1ccccc1)CC(=O)NCc1cccnc1. The molecule has 1 N–H and O–H groups in total. The number of para-hydroxylation sites is 1. The largest absolute Gasteiger partial charge is 0.373 e. The molecule has 5 nitrogen and oxygen atoms in total. The summed E-state index contributed by atoms with van der Waals surface area (Å²) in [6, 6.07) is 14.1. The van der Waals surface area contributed by atoms with Crippen LogP contribution in [-0.2, 0) is 11.3 Å². The first-order chi connectivity index (χ1) is 11.1. The predicted molar refractivity (Wildman–Crippen MR) is 93.3 cm³/mol. The molecule has 0 saturated carbocycles. The number of anilines is 1. The van der Waals surface area contributed by atoms with Crippen LogP contribution in [0.2, 0.25) is 0 Å². The fourth-order valence-corrected chi connectivity index (χ4v) is 2.22. The van der Waals surface area contributed by atoms with Gasteiger partial charge >= 0.3 is 0 Å². The van der Waals surface area contributed by atoms with Gasteiger partial charge in [0.05, 0.1) is 6.54 Å². The molecule has 0 atom stereocenters. The summed E-state index contributed by atoms with van der Waals surface area (Å²) < 4.78 is 0. The highest BCUT2D eigenvalue weighted by atomic mass is 16.2. The van der Waals surface area contributed by atoms with Crippen LogP contribution in [0.25, 0.3) is 0 Å². The van der Waals surface area contributed by atoms with Crippen molar-refractivity contribution in [3.8, 4) is 0 Å². The van der Waals surface area contributed by atoms with Crippen molar-refractivity contribution < 1.29 is 4.79 Å². The Morgan fingerprint density at radius 2 is 1.87 bits per heavy atom. The summed E-state index contributed by atoms with van der Waals surface area (Å²) in [6.45, 7) is 2.61. The Morgan fingerprint density at radius 1 is 1.09 bits per heavy atom. The molecule has 0 saturated heterocycles. The summed E-state index contributed by atoms with van der Waals surface area (Å²) in [6.07, 6.45) is 3.49. The van der Waals surface area contributed by atoms with Crippen LogP contribution in [0.4, 0.5) is 5.69 Å². The minimum Gasteiger partial charge on any atom is -0.373 e. The van der Waals surface area contributed by atoms with Gasteiger partial charge in [-0.15, -0.1) is 0 Å². The van der Waals surface area contributed by atoms with Crippen LogP contribution in [0.3, 0.4) is 0 Å². The fourth-order valence-electron chi connectivity index (χ4n) is 2.22. The van der Waals surface area contributed by atoms with Crippen LogP contribution in [0.5, 0.6) is 0 Å². The number of carbonyl (C=O) groups is 1. The molecule has 0 bridgehead atoms. The van der Waals surface area contributed by atoms with Crippen LogP contribution < -0.4 is 10.2 Å². The number of pyridine rings is 1. The zero-order valence-corrected chi connectivity index (χ0v) is 13.8. The number of amides is 1. The maximum Gasteiger partial charge on any atom is 0.234 e. The molecule has 2 rings (SSSR count). The highest BCUT2D eigenvalue weighted by molar-refractivity contribution is 5.77. The van der Waals surface area contributed by atoms with Gasteiger partial charge in [0.1, 0.15) is 0 Å². The van der Waals surface area contributed by atoms with Gasteiger partial charge in [-0.3, -0.25) is 14.7 Å². The standard InChI is InChI=1S/C18H24N4O/c1-21(11-12-22(2)17-8-4-3-5-9-17)15-18(23)20-14-16-7-6-10-19-13-16/h3-10,13H,11-12,14-15H2,1-2H3,(H,20,23). The summed E-state index contributed by atoms with van der Waals surface area (Å²) in [4.78, 5) is 20.2. The first-order valence-electron chi connectivity index (χ1n) is 7.75. The van der Waals surface area contributed by atoms with Crippen LogP contribution in [0, 0.1) is 0 Å². The molecule has 122 valence electrons. The Hall–Kier alpha value is -2.40. The molecule has 0 spiro atoms. The quantitative estimate of drug-likeness (QED) is 0.807. The number of nitrogens with zero attached hydrogens (tertiary/aromatic N) is 3. The monoisotopic (exact) mass is 312 g/mol. The molecule has 1 aromatic heterocycles. The van der Waals surface area contributed by atoms with E-state index in [0.717, 1.165) is 18.7 Å². The summed E-state index contributed by atoms with van der Waals surface area (Å²) in [5.74, 6) is 0.0266. The van der Waals surface area contributed by atoms with Gasteiger partial charge < -0.3 is 10.2 Å². The molecule has 0 radical (unpaired) electrons. The lowest BCUT2D eigenvalue weighted by Crippen LogP contribution is -2.38. The maximum atomic E-state index is 12.0. The van der Waals surface area contributed by atoms with Gasteiger partial charge in [-0.25, -0.2) is 0 Å². The minimum absolute atomic E-state index is 0.0266. The summed E-state index contributed by atoms with van der Waals surface area (Å²) >= 11 is 0. The van der Waals surface area contributed by atoms with Crippen molar-refractivity contribution >= 4 is 11.6 Å². The second-order valence-corrected chi connectivity index (χ2v) is 5.63. The number of aromatic nitrogens is 1. The smallest absolute Gasteiger partial charge is 0.234 e. The van der Waals surface area contributed by atoms with Gasteiger partial charge in [0, 0.05) is 44.8 Å². The molecular formula is C18H24N4O. The van der Waals surface area contributed by atoms with Crippen molar-refractivity contribution in [2.45, 2.75) is 6.54 Å². The van der Waals surface area contributed by atoms with E-state index in [0.29, 0.717) is 13.1 Å². The number of rotatable bonds is 8. The molecule has 1 aromatic carbocycles. The minimum atomic E-state index is 0.0266. The van der Waals surface area contributed by atoms with E-state index in [2.05, 4.69) is 34.4 Å². The van der Waals surface area contributed by atoms with Gasteiger partial charge in [0.2, 0.25) is 5.91 Å². The number of hydrogen-bond acceptors (Lipinski definition) is 4. The Balaban J connectivity index is 1.68. The van der Waals surface area contributed by atoms with E-state index in [1.54, 1.807) is 12.4 Å². The van der Waals surface area contributed by atoms with Crippen molar-refractivity contribution in [3.63, 3.8) is 0 Å². The number of nitrogens with one attached hydrogen (secondary N) is 1. The van der Waals surface area contributed by atoms with Crippen molar-refractivity contribution in [3.05, 3.63) is 60.4 Å². The molecule has 2 aromatic rings. The number of benzene rings is 1. The average molecular weight is 312 g/mol. The third-order valence-electron chi connectivity index (χ3n) is 3.64. The first kappa shape index (κ1) is 17.0. The Labute approximate surface area is 137 Å². The van der Waals surface area contributed by atoms with Gasteiger partial charge in [0.15, 0.2) is 0 Å². The lowest BCUT2D eigenvalue weighted by Gasteiger charge is -2.23. The van der Waals surface area contributed by atoms with E-state index < -0.39 is 0 Å². The second kappa shape index (κ2) is 8.90. The molecule has 0 aliphatic heterocycles. The zero-order valence-electron chi connectivity index (χ0n) is 13.8. The molecule has 0 aliphatic carbocycles. The topological polar surface area (TPSA) is 48.5 Å². The van der Waals surface area contributed by atoms with E-state index in [1.807, 2.05) is 42.3 Å². The van der Waals surface area contributed by atoms with E-state index in [4.69, 9.17) is 0 Å². The summed E-state index contributed by atoms with van der Waals surface area (Å²) in [7, 11) is 4.02. The molecule has 0 aliphatic rings. The van der Waals surface area contributed by atoms with Crippen molar-refractivity contribution in [1.82, 2.24) is 15.2 Å². The van der Waals surface area contributed by atoms with Crippen LogP contribution in [0.15, 0.2) is 54.9 Å². The molecule has 1 heterocycles. The molecule has 0 unspecified atom stereocenters. The summed E-state index contributed by atoms with van der Waals surface area (Å²) in [5, 5.41) is 2.91. The van der Waals surface area contributed by atoms with Gasteiger partial charge in [-0.2, -0.15) is 0 Å². The Bertz CT molecular complexity index is 588. The lowest BCUT2D eigenvalue weighted by molar-refractivity contribution is -0.122. The maximum absolute atomic E-state index is 12.0. The molecule has 23 heavy (non-hydrogen) atoms. The van der Waals surface area contributed by atoms with Crippen LogP contribution in [0.1, 0.15) is 5.56 Å². The van der Waals surface area contributed by atoms with Crippen molar-refractivity contribution in [2.75, 3.05) is 38.6 Å². The number of carbonyl (C=O) groups excluding carboxylic acids is 1. The third-order valence-corrected chi connectivity index (χ3v) is 3.64. The van der Waals surface area contributed by atoms with Gasteiger partial charge in [-0.05, 0) is 30.8 Å². The normalized spacial score (nSPS) is 10.6. The highest BCUT2D eigenvalue weighted by Gasteiger charge is 2.08. The Morgan fingerprint density at radius 3 is 2.57 bits per heavy atom. The molecule has 5 heteroatoms. The second-order valence-electron chi connectivity index (χ2n) is 5.63. The van der Waals surface area contributed by atoms with E-state index in [-0.39, 0.29) is 5.91 Å². The average Bonchev–Trinajstić information content (AvgIpc) is 2.59. The Kier molecular flexibility index (Phi) is 6.56. The fraction of sp³-hybridized carbons (Fsp3) is 0.333. The van der Waals surface area contributed by atoms with Crippen LogP contribution in [-0.4, -0.2) is 49.5 Å². The summed E-state index contributed by atoms with van der Waals surface area (Å²) in [5.41, 5.74) is 2.19. The molecule has 1 amide bonds. The highest BCUT2D eigenvalue weighted by Crippen LogP contribution is 2.10. The van der Waals surface area contributed by atoms with Crippen LogP contribution >= 0.6 is 0 Å². The van der Waals surface area contributed by atoms with Gasteiger partial charge in [0.25, 0.3) is 0 Å².